The Morgan fingerprint density at radius 1 is 1.05 bits per heavy atom. The van der Waals surface area contributed by atoms with Gasteiger partial charge in [0.25, 0.3) is 5.91 Å². The first-order chi connectivity index (χ1) is 19.1. The number of alkyl halides is 3. The van der Waals surface area contributed by atoms with Crippen LogP contribution in [0.25, 0.3) is 16.9 Å². The highest BCUT2D eigenvalue weighted by Gasteiger charge is 2.32. The summed E-state index contributed by atoms with van der Waals surface area (Å²) >= 11 is 0. The van der Waals surface area contributed by atoms with Crippen LogP contribution in [0.2, 0.25) is 0 Å². The number of hydrogen-bond donors (Lipinski definition) is 2. The molecule has 0 saturated carbocycles. The highest BCUT2D eigenvalue weighted by atomic mass is 19.4. The van der Waals surface area contributed by atoms with Gasteiger partial charge in [0.2, 0.25) is 0 Å². The lowest BCUT2D eigenvalue weighted by atomic mass is 10.1. The fourth-order valence-corrected chi connectivity index (χ4v) is 4.78. The van der Waals surface area contributed by atoms with Gasteiger partial charge in [0, 0.05) is 48.3 Å². The monoisotopic (exact) mass is 552 g/mol. The Labute approximate surface area is 230 Å². The molecule has 1 amide bonds. The van der Waals surface area contributed by atoms with Gasteiger partial charge in [-0.05, 0) is 75.7 Å². The maximum absolute atomic E-state index is 13.7. The molecule has 0 radical (unpaired) electrons. The lowest BCUT2D eigenvalue weighted by molar-refractivity contribution is -0.137. The SMILES string of the molecule is Cc1ccc(NC(=O)c2cc(NCCN3CCCC3)cc(C(F)(F)F)c2)cc1-n1cc(-c2cnn(C)c2C)nn1. The van der Waals surface area contributed by atoms with E-state index in [1.807, 2.05) is 20.9 Å². The van der Waals surface area contributed by atoms with Crippen LogP contribution in [0.1, 0.15) is 40.0 Å². The third-order valence-corrected chi connectivity index (χ3v) is 7.20. The highest BCUT2D eigenvalue weighted by molar-refractivity contribution is 6.05. The summed E-state index contributed by atoms with van der Waals surface area (Å²) in [6.07, 6.45) is 1.17. The molecule has 1 fully saturated rings. The van der Waals surface area contributed by atoms with Crippen LogP contribution in [-0.4, -0.2) is 61.8 Å². The number of amides is 1. The number of rotatable bonds is 8. The number of hydrogen-bond acceptors (Lipinski definition) is 6. The second-order valence-corrected chi connectivity index (χ2v) is 10.0. The molecule has 0 bridgehead atoms. The molecule has 2 N–H and O–H groups in total. The van der Waals surface area contributed by atoms with Crippen molar-refractivity contribution < 1.29 is 18.0 Å². The number of nitrogens with zero attached hydrogens (tertiary/aromatic N) is 6. The molecule has 12 heteroatoms. The Morgan fingerprint density at radius 2 is 1.82 bits per heavy atom. The molecule has 0 spiro atoms. The Kier molecular flexibility index (Phi) is 7.61. The van der Waals surface area contributed by atoms with Crippen molar-refractivity contribution >= 4 is 17.3 Å². The lowest BCUT2D eigenvalue weighted by Gasteiger charge is -2.17. The van der Waals surface area contributed by atoms with Crippen LogP contribution in [0.5, 0.6) is 0 Å². The number of carbonyl (C=O) groups is 1. The van der Waals surface area contributed by atoms with E-state index >= 15 is 0 Å². The van der Waals surface area contributed by atoms with Gasteiger partial charge in [0.1, 0.15) is 5.69 Å². The van der Waals surface area contributed by atoms with Crippen molar-refractivity contribution in [3.05, 3.63) is 71.2 Å². The molecule has 9 nitrogen and oxygen atoms in total. The molecule has 2 aromatic heterocycles. The summed E-state index contributed by atoms with van der Waals surface area (Å²) in [5.74, 6) is -0.645. The molecule has 0 aliphatic carbocycles. The van der Waals surface area contributed by atoms with Crippen molar-refractivity contribution in [2.75, 3.05) is 36.8 Å². The molecule has 3 heterocycles. The summed E-state index contributed by atoms with van der Waals surface area (Å²) in [6, 6.07) is 8.57. The van der Waals surface area contributed by atoms with E-state index in [2.05, 4.69) is 30.9 Å². The minimum Gasteiger partial charge on any atom is -0.384 e. The van der Waals surface area contributed by atoms with E-state index in [-0.39, 0.29) is 11.3 Å². The Hall–Kier alpha value is -4.19. The van der Waals surface area contributed by atoms with E-state index in [0.717, 1.165) is 61.4 Å². The third kappa shape index (κ3) is 6.01. The fourth-order valence-electron chi connectivity index (χ4n) is 4.78. The quantitative estimate of drug-likeness (QED) is 0.317. The molecular formula is C28H31F3N8O. The van der Waals surface area contributed by atoms with E-state index in [1.54, 1.807) is 40.0 Å². The third-order valence-electron chi connectivity index (χ3n) is 7.20. The van der Waals surface area contributed by atoms with Crippen molar-refractivity contribution in [3.63, 3.8) is 0 Å². The van der Waals surface area contributed by atoms with Gasteiger partial charge in [-0.25, -0.2) is 4.68 Å². The average Bonchev–Trinajstić information content (AvgIpc) is 3.67. The lowest BCUT2D eigenvalue weighted by Crippen LogP contribution is -2.26. The average molecular weight is 553 g/mol. The van der Waals surface area contributed by atoms with Crippen molar-refractivity contribution in [2.45, 2.75) is 32.9 Å². The van der Waals surface area contributed by atoms with Crippen molar-refractivity contribution in [1.82, 2.24) is 29.7 Å². The summed E-state index contributed by atoms with van der Waals surface area (Å²) in [6.45, 7) is 7.04. The molecule has 2 aromatic carbocycles. The predicted octanol–water partition coefficient (Wildman–Crippen LogP) is 5.06. The molecule has 40 heavy (non-hydrogen) atoms. The van der Waals surface area contributed by atoms with Gasteiger partial charge in [-0.1, -0.05) is 11.3 Å². The van der Waals surface area contributed by atoms with Gasteiger partial charge in [-0.2, -0.15) is 18.3 Å². The predicted molar refractivity (Wildman–Crippen MR) is 147 cm³/mol. The van der Waals surface area contributed by atoms with Gasteiger partial charge in [-0.15, -0.1) is 5.10 Å². The van der Waals surface area contributed by atoms with Gasteiger partial charge in [0.15, 0.2) is 0 Å². The molecule has 0 atom stereocenters. The van der Waals surface area contributed by atoms with E-state index < -0.39 is 17.6 Å². The van der Waals surface area contributed by atoms with E-state index in [1.165, 1.54) is 6.07 Å². The molecule has 1 aliphatic rings. The van der Waals surface area contributed by atoms with Gasteiger partial charge >= 0.3 is 6.18 Å². The summed E-state index contributed by atoms with van der Waals surface area (Å²) in [5.41, 5.74) is 3.69. The van der Waals surface area contributed by atoms with Crippen LogP contribution in [0.15, 0.2) is 48.8 Å². The molecule has 4 aromatic rings. The first-order valence-electron chi connectivity index (χ1n) is 13.1. The highest BCUT2D eigenvalue weighted by Crippen LogP contribution is 2.32. The maximum Gasteiger partial charge on any atom is 0.416 e. The van der Waals surface area contributed by atoms with Gasteiger partial charge in [-0.3, -0.25) is 9.48 Å². The number of anilines is 2. The number of likely N-dealkylation sites (tertiary alicyclic amines) is 1. The Morgan fingerprint density at radius 3 is 2.52 bits per heavy atom. The van der Waals surface area contributed by atoms with Crippen LogP contribution >= 0.6 is 0 Å². The summed E-state index contributed by atoms with van der Waals surface area (Å²) in [5, 5.41) is 18.5. The molecule has 1 saturated heterocycles. The normalized spacial score (nSPS) is 14.1. The Balaban J connectivity index is 1.35. The van der Waals surface area contributed by atoms with Gasteiger partial charge < -0.3 is 15.5 Å². The molecule has 5 rings (SSSR count). The number of carbonyl (C=O) groups excluding carboxylic acids is 1. The first-order valence-corrected chi connectivity index (χ1v) is 13.1. The second kappa shape index (κ2) is 11.1. The smallest absolute Gasteiger partial charge is 0.384 e. The maximum atomic E-state index is 13.7. The fraction of sp³-hybridized carbons (Fsp3) is 0.357. The largest absolute Gasteiger partial charge is 0.416 e. The van der Waals surface area contributed by atoms with Crippen LogP contribution < -0.4 is 10.6 Å². The zero-order valence-electron chi connectivity index (χ0n) is 22.6. The number of aromatic nitrogens is 5. The molecule has 1 aliphatic heterocycles. The minimum absolute atomic E-state index is 0.0873. The zero-order valence-corrected chi connectivity index (χ0v) is 22.6. The summed E-state index contributed by atoms with van der Waals surface area (Å²) in [4.78, 5) is 15.4. The zero-order chi connectivity index (χ0) is 28.4. The van der Waals surface area contributed by atoms with E-state index in [9.17, 15) is 18.0 Å². The van der Waals surface area contributed by atoms with Crippen LogP contribution in [-0.2, 0) is 13.2 Å². The summed E-state index contributed by atoms with van der Waals surface area (Å²) < 4.78 is 44.3. The molecule has 0 unspecified atom stereocenters. The van der Waals surface area contributed by atoms with Crippen LogP contribution in [0.4, 0.5) is 24.5 Å². The Bertz CT molecular complexity index is 1520. The second-order valence-electron chi connectivity index (χ2n) is 10.0. The van der Waals surface area contributed by atoms with Gasteiger partial charge in [0.05, 0.1) is 23.6 Å². The molecular weight excluding hydrogens is 521 g/mol. The number of benzene rings is 2. The number of nitrogens with one attached hydrogen (secondary N) is 2. The topological polar surface area (TPSA) is 92.9 Å². The number of halogens is 3. The molecule has 210 valence electrons. The standard InChI is InChI=1S/C28H31F3N8O/c1-18-6-7-22(15-26(18)39-17-25(35-36-39)24-16-33-37(3)19(24)2)34-27(40)20-12-21(28(29,30)31)14-23(13-20)32-8-11-38-9-4-5-10-38/h6-7,12-17,32H,4-5,8-11H2,1-3H3,(H,34,40). The van der Waals surface area contributed by atoms with E-state index in [0.29, 0.717) is 23.6 Å². The minimum atomic E-state index is -4.59. The van der Waals surface area contributed by atoms with Crippen molar-refractivity contribution in [1.29, 1.82) is 0 Å². The van der Waals surface area contributed by atoms with Crippen molar-refractivity contribution in [2.24, 2.45) is 7.05 Å². The summed E-state index contributed by atoms with van der Waals surface area (Å²) in [7, 11) is 1.84. The van der Waals surface area contributed by atoms with Crippen molar-refractivity contribution in [3.8, 4) is 16.9 Å². The van der Waals surface area contributed by atoms with Crippen LogP contribution in [0, 0.1) is 13.8 Å². The number of aryl methyl sites for hydroxylation is 2. The van der Waals surface area contributed by atoms with Crippen LogP contribution in [0.3, 0.4) is 0 Å². The first kappa shape index (κ1) is 27.4. The van der Waals surface area contributed by atoms with E-state index in [4.69, 9.17) is 0 Å².